The van der Waals surface area contributed by atoms with Crippen LogP contribution in [0.2, 0.25) is 0 Å². The summed E-state index contributed by atoms with van der Waals surface area (Å²) in [7, 11) is 0. The van der Waals surface area contributed by atoms with E-state index in [9.17, 15) is 9.18 Å². The maximum absolute atomic E-state index is 13.6. The Bertz CT molecular complexity index is 449. The SMILES string of the molecule is CC(CC(=O)Cc1ccc(Br)cc1F)CC(C)(C)C. The fourth-order valence-corrected chi connectivity index (χ4v) is 2.79. The van der Waals surface area contributed by atoms with E-state index in [-0.39, 0.29) is 23.4 Å². The molecule has 1 aromatic carbocycles. The van der Waals surface area contributed by atoms with Crippen molar-refractivity contribution in [3.8, 4) is 0 Å². The predicted molar refractivity (Wildman–Crippen MR) is 80.7 cm³/mol. The number of rotatable bonds is 5. The van der Waals surface area contributed by atoms with Crippen molar-refractivity contribution in [2.24, 2.45) is 11.3 Å². The molecule has 1 unspecified atom stereocenters. The lowest BCUT2D eigenvalue weighted by Crippen LogP contribution is -2.15. The van der Waals surface area contributed by atoms with E-state index in [2.05, 4.69) is 43.6 Å². The van der Waals surface area contributed by atoms with Gasteiger partial charge >= 0.3 is 0 Å². The molecular formula is C16H22BrFO. The molecule has 1 rings (SSSR count). The highest BCUT2D eigenvalue weighted by Gasteiger charge is 2.18. The van der Waals surface area contributed by atoms with Crippen molar-refractivity contribution >= 4 is 21.7 Å². The van der Waals surface area contributed by atoms with Gasteiger partial charge in [-0.2, -0.15) is 0 Å². The second-order valence-electron chi connectivity index (χ2n) is 6.53. The predicted octanol–water partition coefficient (Wildman–Crippen LogP) is 5.16. The molecule has 1 atom stereocenters. The minimum absolute atomic E-state index is 0.109. The minimum Gasteiger partial charge on any atom is -0.299 e. The monoisotopic (exact) mass is 328 g/mol. The number of carbonyl (C=O) groups excluding carboxylic acids is 1. The second-order valence-corrected chi connectivity index (χ2v) is 7.44. The summed E-state index contributed by atoms with van der Waals surface area (Å²) in [6.45, 7) is 8.59. The maximum Gasteiger partial charge on any atom is 0.137 e. The first-order valence-corrected chi connectivity index (χ1v) is 7.42. The summed E-state index contributed by atoms with van der Waals surface area (Å²) >= 11 is 3.21. The van der Waals surface area contributed by atoms with Gasteiger partial charge in [0.05, 0.1) is 0 Å². The van der Waals surface area contributed by atoms with E-state index in [0.717, 1.165) is 6.42 Å². The van der Waals surface area contributed by atoms with Gasteiger partial charge < -0.3 is 0 Å². The largest absolute Gasteiger partial charge is 0.299 e. The number of hydrogen-bond acceptors (Lipinski definition) is 1. The summed E-state index contributed by atoms with van der Waals surface area (Å²) in [5, 5.41) is 0. The Morgan fingerprint density at radius 1 is 1.37 bits per heavy atom. The van der Waals surface area contributed by atoms with Crippen LogP contribution in [-0.2, 0) is 11.2 Å². The number of benzene rings is 1. The maximum atomic E-state index is 13.6. The summed E-state index contributed by atoms with van der Waals surface area (Å²) in [5.41, 5.74) is 0.707. The van der Waals surface area contributed by atoms with Crippen LogP contribution in [0.3, 0.4) is 0 Å². The molecular weight excluding hydrogens is 307 g/mol. The number of carbonyl (C=O) groups is 1. The highest BCUT2D eigenvalue weighted by molar-refractivity contribution is 9.10. The molecule has 1 nitrogen and oxygen atoms in total. The van der Waals surface area contributed by atoms with E-state index >= 15 is 0 Å². The van der Waals surface area contributed by atoms with Gasteiger partial charge in [-0.15, -0.1) is 0 Å². The molecule has 0 amide bonds. The third-order valence-electron chi connectivity index (χ3n) is 2.94. The molecule has 19 heavy (non-hydrogen) atoms. The lowest BCUT2D eigenvalue weighted by atomic mass is 9.83. The Labute approximate surface area is 123 Å². The lowest BCUT2D eigenvalue weighted by molar-refractivity contribution is -0.119. The average Bonchev–Trinajstić information content (AvgIpc) is 2.19. The number of halogens is 2. The van der Waals surface area contributed by atoms with Gasteiger partial charge in [0.15, 0.2) is 0 Å². The molecule has 0 fully saturated rings. The van der Waals surface area contributed by atoms with E-state index < -0.39 is 0 Å². The first kappa shape index (κ1) is 16.4. The van der Waals surface area contributed by atoms with Crippen molar-refractivity contribution in [3.05, 3.63) is 34.1 Å². The molecule has 0 saturated heterocycles. The molecule has 0 N–H and O–H groups in total. The van der Waals surface area contributed by atoms with Crippen molar-refractivity contribution in [2.75, 3.05) is 0 Å². The van der Waals surface area contributed by atoms with Crippen LogP contribution < -0.4 is 0 Å². The van der Waals surface area contributed by atoms with Crippen molar-refractivity contribution in [1.82, 2.24) is 0 Å². The van der Waals surface area contributed by atoms with Gasteiger partial charge in [0.1, 0.15) is 11.6 Å². The quantitative estimate of drug-likeness (QED) is 0.729. The molecule has 0 heterocycles. The van der Waals surface area contributed by atoms with Crippen molar-refractivity contribution in [3.63, 3.8) is 0 Å². The zero-order valence-electron chi connectivity index (χ0n) is 12.1. The molecule has 0 aromatic heterocycles. The topological polar surface area (TPSA) is 17.1 Å². The van der Waals surface area contributed by atoms with Gasteiger partial charge in [-0.3, -0.25) is 4.79 Å². The van der Waals surface area contributed by atoms with Gasteiger partial charge in [0.2, 0.25) is 0 Å². The molecule has 3 heteroatoms. The lowest BCUT2D eigenvalue weighted by Gasteiger charge is -2.22. The molecule has 0 aliphatic heterocycles. The Morgan fingerprint density at radius 2 is 2.00 bits per heavy atom. The van der Waals surface area contributed by atoms with Gasteiger partial charge in [-0.25, -0.2) is 4.39 Å². The van der Waals surface area contributed by atoms with Gasteiger partial charge in [-0.1, -0.05) is 49.7 Å². The standard InChI is InChI=1S/C16H22BrFO/c1-11(10-16(2,3)4)7-14(19)8-12-5-6-13(17)9-15(12)18/h5-6,9,11H,7-8,10H2,1-4H3. The summed E-state index contributed by atoms with van der Waals surface area (Å²) in [6, 6.07) is 4.84. The van der Waals surface area contributed by atoms with Crippen LogP contribution in [0.1, 0.15) is 46.1 Å². The second kappa shape index (κ2) is 6.65. The van der Waals surface area contributed by atoms with Crippen LogP contribution in [-0.4, -0.2) is 5.78 Å². The molecule has 0 aliphatic rings. The van der Waals surface area contributed by atoms with E-state index in [0.29, 0.717) is 22.4 Å². The average molecular weight is 329 g/mol. The normalized spacial score (nSPS) is 13.4. The third kappa shape index (κ3) is 6.33. The first-order chi connectivity index (χ1) is 8.67. The number of hydrogen-bond donors (Lipinski definition) is 0. The minimum atomic E-state index is -0.314. The number of ketones is 1. The van der Waals surface area contributed by atoms with Gasteiger partial charge in [0, 0.05) is 17.3 Å². The van der Waals surface area contributed by atoms with Crippen LogP contribution >= 0.6 is 15.9 Å². The fourth-order valence-electron chi connectivity index (χ4n) is 2.46. The molecule has 0 spiro atoms. The van der Waals surface area contributed by atoms with Crippen molar-refractivity contribution in [1.29, 1.82) is 0 Å². The first-order valence-electron chi connectivity index (χ1n) is 6.63. The summed E-state index contributed by atoms with van der Waals surface area (Å²) in [4.78, 5) is 12.0. The summed E-state index contributed by atoms with van der Waals surface area (Å²) in [5.74, 6) is 0.134. The van der Waals surface area contributed by atoms with Crippen LogP contribution in [0, 0.1) is 17.2 Å². The smallest absolute Gasteiger partial charge is 0.137 e. The van der Waals surface area contributed by atoms with Gasteiger partial charge in [0.25, 0.3) is 0 Å². The molecule has 106 valence electrons. The fraction of sp³-hybridized carbons (Fsp3) is 0.562. The van der Waals surface area contributed by atoms with E-state index in [1.165, 1.54) is 6.07 Å². The third-order valence-corrected chi connectivity index (χ3v) is 3.43. The number of Topliss-reactive ketones (excluding diaryl/α,β-unsaturated/α-hetero) is 1. The highest BCUT2D eigenvalue weighted by atomic mass is 79.9. The Hall–Kier alpha value is -0.700. The van der Waals surface area contributed by atoms with Crippen LogP contribution in [0.4, 0.5) is 4.39 Å². The van der Waals surface area contributed by atoms with Crippen molar-refractivity contribution in [2.45, 2.75) is 47.0 Å². The summed E-state index contributed by atoms with van der Waals surface area (Å²) < 4.78 is 14.3. The summed E-state index contributed by atoms with van der Waals surface area (Å²) in [6.07, 6.45) is 1.71. The van der Waals surface area contributed by atoms with Crippen LogP contribution in [0.25, 0.3) is 0 Å². The highest BCUT2D eigenvalue weighted by Crippen LogP contribution is 2.26. The van der Waals surface area contributed by atoms with Crippen LogP contribution in [0.5, 0.6) is 0 Å². The molecule has 0 radical (unpaired) electrons. The Balaban J connectivity index is 2.56. The molecule has 0 bridgehead atoms. The van der Waals surface area contributed by atoms with Crippen LogP contribution in [0.15, 0.2) is 22.7 Å². The zero-order chi connectivity index (χ0) is 14.6. The van der Waals surface area contributed by atoms with E-state index in [4.69, 9.17) is 0 Å². The van der Waals surface area contributed by atoms with Crippen molar-refractivity contribution < 1.29 is 9.18 Å². The Morgan fingerprint density at radius 3 is 2.53 bits per heavy atom. The molecule has 1 aromatic rings. The van der Waals surface area contributed by atoms with Gasteiger partial charge in [-0.05, 0) is 35.4 Å². The molecule has 0 saturated carbocycles. The van der Waals surface area contributed by atoms with E-state index in [1.54, 1.807) is 12.1 Å². The zero-order valence-corrected chi connectivity index (χ0v) is 13.7. The Kier molecular flexibility index (Phi) is 5.72. The van der Waals surface area contributed by atoms with E-state index in [1.807, 2.05) is 0 Å². The molecule has 0 aliphatic carbocycles.